The monoisotopic (exact) mass is 332 g/mol. The van der Waals surface area contributed by atoms with Gasteiger partial charge in [-0.2, -0.15) is 4.37 Å². The van der Waals surface area contributed by atoms with Crippen molar-refractivity contribution >= 4 is 44.9 Å². The lowest BCUT2D eigenvalue weighted by Crippen LogP contribution is -1.87. The van der Waals surface area contributed by atoms with Crippen LogP contribution in [0, 0.1) is 6.92 Å². The molecule has 2 heterocycles. The summed E-state index contributed by atoms with van der Waals surface area (Å²) in [5.74, 6) is 0.102. The molecule has 0 aliphatic heterocycles. The van der Waals surface area contributed by atoms with Gasteiger partial charge in [0.05, 0.1) is 16.1 Å². The van der Waals surface area contributed by atoms with E-state index in [4.69, 9.17) is 11.6 Å². The maximum Gasteiger partial charge on any atom is 0.175 e. The number of aromatic hydroxyl groups is 1. The largest absolute Gasteiger partial charge is 0.506 e. The number of nitrogens with zero attached hydrogens (tertiary/aromatic N) is 4. The van der Waals surface area contributed by atoms with Crippen LogP contribution < -0.4 is 0 Å². The van der Waals surface area contributed by atoms with Crippen molar-refractivity contribution in [3.05, 3.63) is 40.5 Å². The summed E-state index contributed by atoms with van der Waals surface area (Å²) in [4.78, 5) is 4.17. The molecule has 0 amide bonds. The average molecular weight is 333 g/mol. The molecule has 0 fully saturated rings. The standard InChI is InChI=1S/C15H13ClN4OS/c1-3-9-11(7-8(2)13(21)12(9)16)18-19-15-10-5-4-6-17-14(10)20-22-15/h4-7,21H,3H2,1-2H3. The first-order valence-electron chi connectivity index (χ1n) is 6.75. The van der Waals surface area contributed by atoms with Gasteiger partial charge < -0.3 is 5.11 Å². The van der Waals surface area contributed by atoms with Crippen LogP contribution in [0.2, 0.25) is 5.02 Å². The third-order valence-electron chi connectivity index (χ3n) is 3.35. The van der Waals surface area contributed by atoms with Gasteiger partial charge in [0.25, 0.3) is 0 Å². The molecule has 1 aromatic carbocycles. The van der Waals surface area contributed by atoms with Crippen LogP contribution in [0.4, 0.5) is 10.7 Å². The van der Waals surface area contributed by atoms with Crippen LogP contribution in [0.5, 0.6) is 5.75 Å². The number of azo groups is 1. The topological polar surface area (TPSA) is 70.7 Å². The van der Waals surface area contributed by atoms with Gasteiger partial charge in [-0.1, -0.05) is 18.5 Å². The molecular formula is C15H13ClN4OS. The lowest BCUT2D eigenvalue weighted by atomic mass is 10.1. The molecule has 3 rings (SSSR count). The lowest BCUT2D eigenvalue weighted by Gasteiger charge is -2.09. The first-order chi connectivity index (χ1) is 10.6. The number of hydrogen-bond donors (Lipinski definition) is 1. The number of phenols is 1. The molecule has 1 N–H and O–H groups in total. The van der Waals surface area contributed by atoms with Crippen molar-refractivity contribution in [2.24, 2.45) is 10.2 Å². The number of aromatic nitrogens is 2. The van der Waals surface area contributed by atoms with E-state index in [1.165, 1.54) is 11.5 Å². The zero-order chi connectivity index (χ0) is 15.7. The molecule has 0 atom stereocenters. The Morgan fingerprint density at radius 2 is 2.18 bits per heavy atom. The normalized spacial score (nSPS) is 11.6. The van der Waals surface area contributed by atoms with E-state index in [1.54, 1.807) is 19.2 Å². The number of benzene rings is 1. The van der Waals surface area contributed by atoms with Gasteiger partial charge >= 0.3 is 0 Å². The summed E-state index contributed by atoms with van der Waals surface area (Å²) in [6.07, 6.45) is 2.35. The summed E-state index contributed by atoms with van der Waals surface area (Å²) in [7, 11) is 0. The van der Waals surface area contributed by atoms with E-state index in [1.807, 2.05) is 19.1 Å². The van der Waals surface area contributed by atoms with Gasteiger partial charge in [0.1, 0.15) is 5.75 Å². The Morgan fingerprint density at radius 1 is 1.36 bits per heavy atom. The lowest BCUT2D eigenvalue weighted by molar-refractivity contribution is 0.470. The first-order valence-corrected chi connectivity index (χ1v) is 7.90. The second-order valence-electron chi connectivity index (χ2n) is 4.77. The summed E-state index contributed by atoms with van der Waals surface area (Å²) >= 11 is 7.44. The maximum atomic E-state index is 9.92. The van der Waals surface area contributed by atoms with Crippen LogP contribution in [0.3, 0.4) is 0 Å². The maximum absolute atomic E-state index is 9.92. The van der Waals surface area contributed by atoms with Crippen molar-refractivity contribution in [1.29, 1.82) is 0 Å². The molecule has 22 heavy (non-hydrogen) atoms. The van der Waals surface area contributed by atoms with E-state index in [0.29, 0.717) is 33.3 Å². The van der Waals surface area contributed by atoms with Gasteiger partial charge in [0.15, 0.2) is 10.6 Å². The third kappa shape index (κ3) is 2.55. The summed E-state index contributed by atoms with van der Waals surface area (Å²) in [6, 6.07) is 5.54. The van der Waals surface area contributed by atoms with Gasteiger partial charge in [-0.3, -0.25) is 0 Å². The van der Waals surface area contributed by atoms with Crippen LogP contribution in [0.15, 0.2) is 34.6 Å². The molecule has 0 aliphatic carbocycles. The van der Waals surface area contributed by atoms with Crippen molar-refractivity contribution in [1.82, 2.24) is 9.36 Å². The zero-order valence-electron chi connectivity index (χ0n) is 12.0. The Balaban J connectivity index is 2.06. The van der Waals surface area contributed by atoms with Gasteiger partial charge in [-0.15, -0.1) is 10.2 Å². The van der Waals surface area contributed by atoms with E-state index < -0.39 is 0 Å². The minimum absolute atomic E-state index is 0.102. The van der Waals surface area contributed by atoms with E-state index in [2.05, 4.69) is 19.6 Å². The fraction of sp³-hybridized carbons (Fsp3) is 0.200. The number of fused-ring (bicyclic) bond motifs is 1. The van der Waals surface area contributed by atoms with Crippen molar-refractivity contribution in [2.45, 2.75) is 20.3 Å². The minimum atomic E-state index is 0.102. The van der Waals surface area contributed by atoms with E-state index in [0.717, 1.165) is 10.9 Å². The molecule has 112 valence electrons. The van der Waals surface area contributed by atoms with E-state index in [-0.39, 0.29) is 5.75 Å². The zero-order valence-corrected chi connectivity index (χ0v) is 13.6. The van der Waals surface area contributed by atoms with Crippen LogP contribution in [-0.2, 0) is 6.42 Å². The van der Waals surface area contributed by atoms with Crippen LogP contribution in [0.25, 0.3) is 11.0 Å². The Labute approximate surface area is 136 Å². The Morgan fingerprint density at radius 3 is 2.95 bits per heavy atom. The average Bonchev–Trinajstić information content (AvgIpc) is 2.94. The summed E-state index contributed by atoms with van der Waals surface area (Å²) in [5.41, 5.74) is 2.78. The highest BCUT2D eigenvalue weighted by Crippen LogP contribution is 2.39. The van der Waals surface area contributed by atoms with Crippen LogP contribution in [0.1, 0.15) is 18.1 Å². The van der Waals surface area contributed by atoms with Crippen LogP contribution in [-0.4, -0.2) is 14.5 Å². The third-order valence-corrected chi connectivity index (χ3v) is 4.49. The first kappa shape index (κ1) is 14.9. The fourth-order valence-corrected chi connectivity index (χ4v) is 3.19. The number of pyridine rings is 1. The van der Waals surface area contributed by atoms with Gasteiger partial charge in [0.2, 0.25) is 0 Å². The molecule has 0 saturated carbocycles. The number of halogens is 1. The molecule has 3 aromatic rings. The van der Waals surface area contributed by atoms with Crippen LogP contribution >= 0.6 is 23.1 Å². The quantitative estimate of drug-likeness (QED) is 0.658. The Kier molecular flexibility index (Phi) is 4.04. The highest BCUT2D eigenvalue weighted by molar-refractivity contribution is 7.11. The molecule has 7 heteroatoms. The molecule has 2 aromatic heterocycles. The molecule has 0 spiro atoms. The molecule has 5 nitrogen and oxygen atoms in total. The fourth-order valence-electron chi connectivity index (χ4n) is 2.16. The Bertz CT molecular complexity index is 875. The van der Waals surface area contributed by atoms with Crippen molar-refractivity contribution in [2.75, 3.05) is 0 Å². The van der Waals surface area contributed by atoms with E-state index >= 15 is 0 Å². The number of aryl methyl sites for hydroxylation is 1. The number of hydrogen-bond acceptors (Lipinski definition) is 6. The minimum Gasteiger partial charge on any atom is -0.506 e. The van der Waals surface area contributed by atoms with Gasteiger partial charge in [-0.05, 0) is 48.6 Å². The summed E-state index contributed by atoms with van der Waals surface area (Å²) in [5, 5.41) is 20.4. The second kappa shape index (κ2) is 5.98. The van der Waals surface area contributed by atoms with Gasteiger partial charge in [-0.25, -0.2) is 4.98 Å². The Hall–Kier alpha value is -2.05. The number of rotatable bonds is 3. The molecule has 0 radical (unpaired) electrons. The highest BCUT2D eigenvalue weighted by atomic mass is 35.5. The van der Waals surface area contributed by atoms with Crippen molar-refractivity contribution < 1.29 is 5.11 Å². The van der Waals surface area contributed by atoms with Crippen molar-refractivity contribution in [3.63, 3.8) is 0 Å². The predicted molar refractivity (Wildman–Crippen MR) is 88.8 cm³/mol. The molecule has 0 unspecified atom stereocenters. The molecule has 0 bridgehead atoms. The smallest absolute Gasteiger partial charge is 0.175 e. The van der Waals surface area contributed by atoms with E-state index in [9.17, 15) is 5.11 Å². The SMILES string of the molecule is CCc1c(N=Nc2snc3ncccc23)cc(C)c(O)c1Cl. The summed E-state index contributed by atoms with van der Waals surface area (Å²) < 4.78 is 4.23. The van der Waals surface area contributed by atoms with Gasteiger partial charge in [0, 0.05) is 11.8 Å². The second-order valence-corrected chi connectivity index (χ2v) is 5.90. The predicted octanol–water partition coefficient (Wildman–Crippen LogP) is 5.34. The highest BCUT2D eigenvalue weighted by Gasteiger charge is 2.13. The summed E-state index contributed by atoms with van der Waals surface area (Å²) in [6.45, 7) is 3.74. The molecule has 0 saturated heterocycles. The van der Waals surface area contributed by atoms with Crippen molar-refractivity contribution in [3.8, 4) is 5.75 Å². The molecular weight excluding hydrogens is 320 g/mol. The number of phenolic OH excluding ortho intramolecular Hbond substituents is 1. The molecule has 0 aliphatic rings.